The maximum Gasteiger partial charge on any atom is 0.334 e. The van der Waals surface area contributed by atoms with Crippen molar-refractivity contribution in [3.63, 3.8) is 0 Å². The summed E-state index contributed by atoms with van der Waals surface area (Å²) in [5.74, 6) is -1.20. The van der Waals surface area contributed by atoms with Crippen LogP contribution in [0.15, 0.2) is 42.1 Å². The van der Waals surface area contributed by atoms with Gasteiger partial charge in [-0.05, 0) is 19.1 Å². The Balaban J connectivity index is 2.68. The Morgan fingerprint density at radius 3 is 2.74 bits per heavy atom. The molecule has 1 aromatic carbocycles. The number of carboxylic acid groups (broad SMARTS) is 1. The largest absolute Gasteiger partial charge is 0.486 e. The van der Waals surface area contributed by atoms with E-state index >= 15 is 0 Å². The van der Waals surface area contributed by atoms with E-state index in [2.05, 4.69) is 4.85 Å². The maximum atomic E-state index is 10.9. The summed E-state index contributed by atoms with van der Waals surface area (Å²) in [5.41, 5.74) is 1.46. The van der Waals surface area contributed by atoms with Crippen molar-refractivity contribution >= 4 is 22.9 Å². The van der Waals surface area contributed by atoms with Crippen LogP contribution in [0, 0.1) is 6.57 Å². The molecular weight excluding hydrogens is 240 g/mol. The summed E-state index contributed by atoms with van der Waals surface area (Å²) in [7, 11) is 0. The predicted molar refractivity (Wildman–Crippen MR) is 72.0 cm³/mol. The number of rotatable bonds is 3. The van der Waals surface area contributed by atoms with Crippen LogP contribution in [0.4, 0.5) is 0 Å². The van der Waals surface area contributed by atoms with Gasteiger partial charge in [-0.3, -0.25) is 4.79 Å². The van der Waals surface area contributed by atoms with Crippen LogP contribution in [0.2, 0.25) is 0 Å². The van der Waals surface area contributed by atoms with Crippen LogP contribution < -0.4 is 4.57 Å². The third-order valence-corrected chi connectivity index (χ3v) is 2.91. The highest BCUT2D eigenvalue weighted by molar-refractivity contribution is 5.93. The Morgan fingerprint density at radius 1 is 1.37 bits per heavy atom. The molecule has 0 saturated heterocycles. The lowest BCUT2D eigenvalue weighted by Crippen LogP contribution is -2.36. The second kappa shape index (κ2) is 5.32. The fourth-order valence-corrected chi connectivity index (χ4v) is 2.04. The molecule has 0 fully saturated rings. The van der Waals surface area contributed by atoms with Crippen molar-refractivity contribution in [2.24, 2.45) is 0 Å². The highest BCUT2D eigenvalue weighted by Gasteiger charge is 2.15. The molecule has 0 unspecified atom stereocenters. The Morgan fingerprint density at radius 2 is 2.11 bits per heavy atom. The fraction of sp³-hybridized carbons (Fsp3) is 0.133. The molecule has 0 bridgehead atoms. The first-order valence-corrected chi connectivity index (χ1v) is 5.91. The Labute approximate surface area is 111 Å². The summed E-state index contributed by atoms with van der Waals surface area (Å²) in [6.07, 6.45) is 1.41. The minimum absolute atomic E-state index is 0.280. The topological polar surface area (TPSA) is 45.5 Å². The van der Waals surface area contributed by atoms with E-state index in [0.717, 1.165) is 16.6 Å². The summed E-state index contributed by atoms with van der Waals surface area (Å²) in [5, 5.41) is 10.0. The lowest BCUT2D eigenvalue weighted by molar-refractivity contribution is -0.669. The number of hydrogen-bond donors (Lipinski definition) is 1. The third-order valence-electron chi connectivity index (χ3n) is 2.91. The van der Waals surface area contributed by atoms with Gasteiger partial charge in [-0.15, -0.1) is 0 Å². The zero-order chi connectivity index (χ0) is 13.8. The highest BCUT2D eigenvalue weighted by Crippen LogP contribution is 2.13. The summed E-state index contributed by atoms with van der Waals surface area (Å²) < 4.78 is 1.99. The number of nitrogens with zero attached hydrogens (tertiary/aromatic N) is 2. The Hall–Kier alpha value is -2.67. The molecule has 0 radical (unpaired) electrons. The molecule has 0 aliphatic rings. The fourth-order valence-electron chi connectivity index (χ4n) is 2.04. The van der Waals surface area contributed by atoms with E-state index < -0.39 is 5.97 Å². The van der Waals surface area contributed by atoms with Crippen molar-refractivity contribution in [3.8, 4) is 0 Å². The van der Waals surface area contributed by atoms with Crippen LogP contribution >= 0.6 is 0 Å². The molecule has 1 N–H and O–H groups in total. The number of pyridine rings is 1. The molecular formula is C15H13N2O2+. The number of para-hydroxylation sites is 1. The summed E-state index contributed by atoms with van der Waals surface area (Å²) >= 11 is 0. The number of carboxylic acids is 1. The highest BCUT2D eigenvalue weighted by atomic mass is 16.4. The van der Waals surface area contributed by atoms with Crippen molar-refractivity contribution in [1.29, 1.82) is 0 Å². The number of aryl methyl sites for hydroxylation is 1. The van der Waals surface area contributed by atoms with Gasteiger partial charge in [-0.25, -0.2) is 4.85 Å². The molecule has 0 aliphatic carbocycles. The SMILES string of the molecule is [C-]#[N+]/C(=C\c1ccc2ccccc2[n+]1CC)C(=O)O. The molecule has 4 nitrogen and oxygen atoms in total. The number of carbonyl (C=O) groups is 1. The first-order valence-electron chi connectivity index (χ1n) is 5.91. The van der Waals surface area contributed by atoms with E-state index in [9.17, 15) is 4.79 Å². The standard InChI is InChI=1S/C15H12N2O2/c1-3-17-12(10-13(16-2)15(18)19)9-8-11-6-4-5-7-14(11)17/h4-10H,3H2,1H3/p+1/b13-10-. The minimum Gasteiger partial charge on any atom is -0.486 e. The summed E-state index contributed by atoms with van der Waals surface area (Å²) in [4.78, 5) is 13.9. The lowest BCUT2D eigenvalue weighted by Gasteiger charge is -2.02. The molecule has 0 atom stereocenters. The second-order valence-electron chi connectivity index (χ2n) is 4.01. The molecule has 2 aromatic rings. The van der Waals surface area contributed by atoms with Gasteiger partial charge in [-0.2, -0.15) is 4.57 Å². The lowest BCUT2D eigenvalue weighted by atomic mass is 10.1. The maximum absolute atomic E-state index is 10.9. The molecule has 4 heteroatoms. The smallest absolute Gasteiger partial charge is 0.334 e. The quantitative estimate of drug-likeness (QED) is 0.519. The molecule has 0 spiro atoms. The summed E-state index contributed by atoms with van der Waals surface area (Å²) in [6, 6.07) is 11.6. The number of aromatic nitrogens is 1. The monoisotopic (exact) mass is 253 g/mol. The van der Waals surface area contributed by atoms with Gasteiger partial charge in [0.25, 0.3) is 5.70 Å². The zero-order valence-electron chi connectivity index (χ0n) is 10.5. The zero-order valence-corrected chi connectivity index (χ0v) is 10.5. The molecule has 0 amide bonds. The van der Waals surface area contributed by atoms with Crippen LogP contribution in [0.1, 0.15) is 12.6 Å². The van der Waals surface area contributed by atoms with Crippen LogP contribution in [-0.2, 0) is 11.3 Å². The third kappa shape index (κ3) is 2.45. The van der Waals surface area contributed by atoms with E-state index in [1.807, 2.05) is 47.9 Å². The first kappa shape index (κ1) is 12.8. The van der Waals surface area contributed by atoms with Crippen LogP contribution in [-0.4, -0.2) is 11.1 Å². The Kier molecular flexibility index (Phi) is 3.58. The van der Waals surface area contributed by atoms with Crippen LogP contribution in [0.3, 0.4) is 0 Å². The number of fused-ring (bicyclic) bond motifs is 1. The van der Waals surface area contributed by atoms with Crippen molar-refractivity contribution < 1.29 is 14.5 Å². The van der Waals surface area contributed by atoms with E-state index in [0.29, 0.717) is 6.54 Å². The van der Waals surface area contributed by atoms with E-state index in [1.54, 1.807) is 0 Å². The van der Waals surface area contributed by atoms with Crippen molar-refractivity contribution in [2.45, 2.75) is 13.5 Å². The van der Waals surface area contributed by atoms with Crippen molar-refractivity contribution in [3.05, 3.63) is 59.2 Å². The number of aliphatic carboxylic acids is 1. The minimum atomic E-state index is -1.20. The van der Waals surface area contributed by atoms with E-state index in [4.69, 9.17) is 11.7 Å². The van der Waals surface area contributed by atoms with Gasteiger partial charge in [0.15, 0.2) is 5.69 Å². The van der Waals surface area contributed by atoms with E-state index in [-0.39, 0.29) is 5.70 Å². The molecule has 2 rings (SSSR count). The van der Waals surface area contributed by atoms with Gasteiger partial charge in [0.2, 0.25) is 5.52 Å². The predicted octanol–water partition coefficient (Wildman–Crippen LogP) is 2.49. The second-order valence-corrected chi connectivity index (χ2v) is 4.01. The van der Waals surface area contributed by atoms with Gasteiger partial charge in [0.1, 0.15) is 6.54 Å². The first-order chi connectivity index (χ1) is 9.17. The van der Waals surface area contributed by atoms with Gasteiger partial charge in [0, 0.05) is 23.6 Å². The molecule has 1 aromatic heterocycles. The molecule has 1 heterocycles. The summed E-state index contributed by atoms with van der Waals surface area (Å²) in [6.45, 7) is 9.59. The van der Waals surface area contributed by atoms with Crippen LogP contribution in [0.25, 0.3) is 21.8 Å². The molecule has 19 heavy (non-hydrogen) atoms. The van der Waals surface area contributed by atoms with Crippen molar-refractivity contribution in [1.82, 2.24) is 0 Å². The van der Waals surface area contributed by atoms with E-state index in [1.165, 1.54) is 6.08 Å². The average molecular weight is 253 g/mol. The average Bonchev–Trinajstić information content (AvgIpc) is 2.43. The molecule has 0 aliphatic heterocycles. The van der Waals surface area contributed by atoms with Crippen LogP contribution in [0.5, 0.6) is 0 Å². The van der Waals surface area contributed by atoms with Gasteiger partial charge in [0.05, 0.1) is 6.57 Å². The molecule has 94 valence electrons. The Bertz CT molecular complexity index is 712. The van der Waals surface area contributed by atoms with Crippen molar-refractivity contribution in [2.75, 3.05) is 0 Å². The molecule has 0 saturated carbocycles. The number of hydrogen-bond acceptors (Lipinski definition) is 1. The van der Waals surface area contributed by atoms with Gasteiger partial charge >= 0.3 is 5.97 Å². The number of benzene rings is 1. The van der Waals surface area contributed by atoms with Gasteiger partial charge in [-0.1, -0.05) is 12.1 Å². The normalized spacial score (nSPS) is 11.3. The van der Waals surface area contributed by atoms with Gasteiger partial charge < -0.3 is 5.11 Å².